The van der Waals surface area contributed by atoms with Gasteiger partial charge in [0.1, 0.15) is 0 Å². The van der Waals surface area contributed by atoms with E-state index in [0.717, 1.165) is 38.8 Å². The summed E-state index contributed by atoms with van der Waals surface area (Å²) in [5.74, 6) is -0.704. The minimum atomic E-state index is -0.704. The first-order chi connectivity index (χ1) is 12.2. The number of carboxylic acid groups (broad SMARTS) is 1. The van der Waals surface area contributed by atoms with E-state index in [1.807, 2.05) is 0 Å². The van der Waals surface area contributed by atoms with Gasteiger partial charge >= 0.3 is 5.97 Å². The largest absolute Gasteiger partial charge is 0.480 e. The van der Waals surface area contributed by atoms with Crippen LogP contribution >= 0.6 is 0 Å². The van der Waals surface area contributed by atoms with Gasteiger partial charge in [-0.2, -0.15) is 0 Å². The lowest BCUT2D eigenvalue weighted by Gasteiger charge is -2.20. The molecule has 0 saturated carbocycles. The Morgan fingerprint density at radius 3 is 1.56 bits per heavy atom. The number of nitrogens with zero attached hydrogens (tertiary/aromatic N) is 1. The fraction of sp³-hybridized carbons (Fsp3) is 0.773. The number of aliphatic carboxylic acids is 1. The average Bonchev–Trinajstić information content (AvgIpc) is 2.58. The third-order valence-electron chi connectivity index (χ3n) is 4.29. The van der Waals surface area contributed by atoms with Crippen molar-refractivity contribution in [2.75, 3.05) is 19.6 Å². The van der Waals surface area contributed by atoms with E-state index in [4.69, 9.17) is 5.11 Å². The number of hydrogen-bond acceptors (Lipinski definition) is 2. The van der Waals surface area contributed by atoms with E-state index in [2.05, 4.69) is 43.1 Å². The highest BCUT2D eigenvalue weighted by molar-refractivity contribution is 5.69. The second-order valence-corrected chi connectivity index (χ2v) is 6.89. The molecule has 0 saturated heterocycles. The third kappa shape index (κ3) is 19.1. The van der Waals surface area contributed by atoms with Crippen LogP contribution < -0.4 is 0 Å². The van der Waals surface area contributed by atoms with Crippen molar-refractivity contribution in [3.63, 3.8) is 0 Å². The summed E-state index contributed by atoms with van der Waals surface area (Å²) in [6.45, 7) is 6.42. The molecule has 0 heterocycles. The summed E-state index contributed by atoms with van der Waals surface area (Å²) in [6, 6.07) is 0. The van der Waals surface area contributed by atoms with Crippen LogP contribution in [0.4, 0.5) is 0 Å². The molecule has 0 aliphatic rings. The number of unbranched alkanes of at least 4 members (excludes halogenated alkanes) is 8. The zero-order valence-corrected chi connectivity index (χ0v) is 16.7. The highest BCUT2D eigenvalue weighted by Crippen LogP contribution is 2.07. The van der Waals surface area contributed by atoms with Gasteiger partial charge in [-0.25, -0.2) is 0 Å². The van der Waals surface area contributed by atoms with Crippen LogP contribution in [0, 0.1) is 0 Å². The van der Waals surface area contributed by atoms with Gasteiger partial charge in [0.15, 0.2) is 0 Å². The zero-order chi connectivity index (χ0) is 18.6. The Bertz CT molecular complexity index is 324. The topological polar surface area (TPSA) is 40.5 Å². The first kappa shape index (κ1) is 23.9. The smallest absolute Gasteiger partial charge is 0.317 e. The predicted octanol–water partition coefficient (Wildman–Crippen LogP) is 6.21. The van der Waals surface area contributed by atoms with Gasteiger partial charge in [-0.05, 0) is 64.5 Å². The third-order valence-corrected chi connectivity index (χ3v) is 4.29. The Hall–Kier alpha value is -1.09. The van der Waals surface area contributed by atoms with Crippen LogP contribution in [0.2, 0.25) is 0 Å². The molecule has 0 aromatic rings. The molecule has 0 aliphatic heterocycles. The number of carboxylic acids is 1. The maximum absolute atomic E-state index is 11.0. The lowest BCUT2D eigenvalue weighted by atomic mass is 10.1. The molecule has 146 valence electrons. The summed E-state index contributed by atoms with van der Waals surface area (Å²) in [7, 11) is 0. The predicted molar refractivity (Wildman–Crippen MR) is 109 cm³/mol. The number of carbonyl (C=O) groups is 1. The van der Waals surface area contributed by atoms with Gasteiger partial charge in [-0.15, -0.1) is 0 Å². The summed E-state index contributed by atoms with van der Waals surface area (Å²) in [5, 5.41) is 9.07. The standard InChI is InChI=1S/C22H41NO2/c1-3-5-7-9-11-13-15-17-19-23(21-22(24)25)20-18-16-14-12-10-8-6-4-2/h7-10H,3-6,11-21H2,1-2H3,(H,24,25)/b9-7+,10-8+. The molecule has 0 radical (unpaired) electrons. The van der Waals surface area contributed by atoms with Gasteiger partial charge in [0, 0.05) is 0 Å². The molecule has 25 heavy (non-hydrogen) atoms. The van der Waals surface area contributed by atoms with E-state index in [1.54, 1.807) is 0 Å². The molecule has 0 aliphatic carbocycles. The van der Waals surface area contributed by atoms with E-state index >= 15 is 0 Å². The fourth-order valence-corrected chi connectivity index (χ4v) is 2.81. The summed E-state index contributed by atoms with van der Waals surface area (Å²) in [6.07, 6.45) is 23.2. The van der Waals surface area contributed by atoms with Crippen molar-refractivity contribution in [2.24, 2.45) is 0 Å². The monoisotopic (exact) mass is 351 g/mol. The second kappa shape index (κ2) is 19.2. The molecule has 0 rings (SSSR count). The number of rotatable bonds is 18. The molecule has 3 nitrogen and oxygen atoms in total. The summed E-state index contributed by atoms with van der Waals surface area (Å²) in [4.78, 5) is 13.1. The van der Waals surface area contributed by atoms with Crippen LogP contribution in [0.5, 0.6) is 0 Å². The van der Waals surface area contributed by atoms with Crippen molar-refractivity contribution in [3.05, 3.63) is 24.3 Å². The van der Waals surface area contributed by atoms with Crippen LogP contribution in [-0.4, -0.2) is 35.6 Å². The highest BCUT2D eigenvalue weighted by atomic mass is 16.4. The summed E-state index contributed by atoms with van der Waals surface area (Å²) < 4.78 is 0. The van der Waals surface area contributed by atoms with Crippen LogP contribution in [0.3, 0.4) is 0 Å². The van der Waals surface area contributed by atoms with Crippen molar-refractivity contribution in [3.8, 4) is 0 Å². The van der Waals surface area contributed by atoms with Gasteiger partial charge in [-0.1, -0.05) is 63.8 Å². The summed E-state index contributed by atoms with van der Waals surface area (Å²) in [5.41, 5.74) is 0. The van der Waals surface area contributed by atoms with Crippen molar-refractivity contribution in [1.29, 1.82) is 0 Å². The molecular weight excluding hydrogens is 310 g/mol. The lowest BCUT2D eigenvalue weighted by Crippen LogP contribution is -2.31. The van der Waals surface area contributed by atoms with Crippen molar-refractivity contribution < 1.29 is 9.90 Å². The fourth-order valence-electron chi connectivity index (χ4n) is 2.81. The highest BCUT2D eigenvalue weighted by Gasteiger charge is 2.08. The van der Waals surface area contributed by atoms with Crippen molar-refractivity contribution in [1.82, 2.24) is 4.90 Å². The van der Waals surface area contributed by atoms with Crippen molar-refractivity contribution >= 4 is 5.97 Å². The quantitative estimate of drug-likeness (QED) is 0.236. The van der Waals surface area contributed by atoms with Crippen LogP contribution in [0.1, 0.15) is 90.9 Å². The Morgan fingerprint density at radius 2 is 1.16 bits per heavy atom. The van der Waals surface area contributed by atoms with Crippen molar-refractivity contribution in [2.45, 2.75) is 90.9 Å². The molecule has 0 fully saturated rings. The molecule has 0 aromatic carbocycles. The minimum Gasteiger partial charge on any atom is -0.480 e. The zero-order valence-electron chi connectivity index (χ0n) is 16.7. The van der Waals surface area contributed by atoms with E-state index in [0.29, 0.717) is 0 Å². The Kier molecular flexibility index (Phi) is 18.4. The van der Waals surface area contributed by atoms with E-state index in [9.17, 15) is 4.79 Å². The number of allylic oxidation sites excluding steroid dienone is 4. The van der Waals surface area contributed by atoms with E-state index in [1.165, 1.54) is 51.4 Å². The van der Waals surface area contributed by atoms with Crippen LogP contribution in [-0.2, 0) is 4.79 Å². The van der Waals surface area contributed by atoms with Gasteiger partial charge in [0.05, 0.1) is 6.54 Å². The van der Waals surface area contributed by atoms with Gasteiger partial charge in [0.2, 0.25) is 0 Å². The molecular formula is C22H41NO2. The second-order valence-electron chi connectivity index (χ2n) is 6.89. The SMILES string of the molecule is CCC/C=C/CCCCCN(CCCCC/C=C/CCC)CC(=O)O. The van der Waals surface area contributed by atoms with Crippen LogP contribution in [0.25, 0.3) is 0 Å². The summed E-state index contributed by atoms with van der Waals surface area (Å²) >= 11 is 0. The van der Waals surface area contributed by atoms with Gasteiger partial charge in [0.25, 0.3) is 0 Å². The minimum absolute atomic E-state index is 0.187. The molecule has 3 heteroatoms. The molecule has 0 bridgehead atoms. The Labute approximate surface area is 156 Å². The molecule has 1 N–H and O–H groups in total. The normalized spacial score (nSPS) is 12.0. The number of hydrogen-bond donors (Lipinski definition) is 1. The van der Waals surface area contributed by atoms with E-state index in [-0.39, 0.29) is 6.54 Å². The molecule has 0 aromatic heterocycles. The lowest BCUT2D eigenvalue weighted by molar-refractivity contribution is -0.138. The maximum Gasteiger partial charge on any atom is 0.317 e. The molecule has 0 unspecified atom stereocenters. The Balaban J connectivity index is 3.73. The van der Waals surface area contributed by atoms with Crippen LogP contribution in [0.15, 0.2) is 24.3 Å². The Morgan fingerprint density at radius 1 is 0.720 bits per heavy atom. The molecule has 0 spiro atoms. The average molecular weight is 352 g/mol. The first-order valence-electron chi connectivity index (χ1n) is 10.4. The first-order valence-corrected chi connectivity index (χ1v) is 10.4. The molecule has 0 amide bonds. The van der Waals surface area contributed by atoms with Gasteiger partial charge < -0.3 is 5.11 Å². The molecule has 0 atom stereocenters. The van der Waals surface area contributed by atoms with E-state index < -0.39 is 5.97 Å². The maximum atomic E-state index is 11.0. The van der Waals surface area contributed by atoms with Gasteiger partial charge in [-0.3, -0.25) is 9.69 Å².